The molecule has 0 aliphatic heterocycles. The average Bonchev–Trinajstić information content (AvgIpc) is 2.88. The van der Waals surface area contributed by atoms with Crippen molar-refractivity contribution in [1.82, 2.24) is 10.1 Å². The predicted octanol–water partition coefficient (Wildman–Crippen LogP) is 2.25. The van der Waals surface area contributed by atoms with Crippen LogP contribution in [0.15, 0.2) is 28.8 Å². The molecule has 0 spiro atoms. The normalized spacial score (nSPS) is 11.4. The predicted molar refractivity (Wildman–Crippen MR) is 68.5 cm³/mol. The molecule has 0 N–H and O–H groups in total. The molecule has 0 amide bonds. The van der Waals surface area contributed by atoms with E-state index in [0.717, 1.165) is 5.56 Å². The third-order valence-electron chi connectivity index (χ3n) is 3.12. The quantitative estimate of drug-likeness (QED) is 0.802. The molecular weight excluding hydrogens is 263 g/mol. The van der Waals surface area contributed by atoms with Crippen molar-refractivity contribution in [2.75, 3.05) is 7.11 Å². The van der Waals surface area contributed by atoms with E-state index in [2.05, 4.69) is 14.9 Å². The van der Waals surface area contributed by atoms with Gasteiger partial charge in [-0.05, 0) is 31.5 Å². The fourth-order valence-corrected chi connectivity index (χ4v) is 1.77. The van der Waals surface area contributed by atoms with Gasteiger partial charge in [0.1, 0.15) is 12.2 Å². The van der Waals surface area contributed by atoms with Gasteiger partial charge in [-0.25, -0.2) is 4.39 Å². The van der Waals surface area contributed by atoms with E-state index < -0.39 is 11.4 Å². The molecule has 2 aromatic rings. The highest BCUT2D eigenvalue weighted by Gasteiger charge is 2.29. The Kier molecular flexibility index (Phi) is 3.83. The number of halogens is 1. The van der Waals surface area contributed by atoms with Crippen molar-refractivity contribution in [3.63, 3.8) is 0 Å². The Balaban J connectivity index is 2.25. The van der Waals surface area contributed by atoms with E-state index in [-0.39, 0.29) is 18.1 Å². The summed E-state index contributed by atoms with van der Waals surface area (Å²) in [7, 11) is 1.29. The number of rotatable bonds is 4. The lowest BCUT2D eigenvalue weighted by molar-refractivity contribution is -0.140. The third-order valence-corrected chi connectivity index (χ3v) is 3.12. The lowest BCUT2D eigenvalue weighted by atomic mass is 9.84. The maximum absolute atomic E-state index is 13.0. The van der Waals surface area contributed by atoms with Crippen LogP contribution < -0.4 is 0 Å². The summed E-state index contributed by atoms with van der Waals surface area (Å²) in [5.41, 5.74) is 0.301. The van der Waals surface area contributed by atoms with Crippen LogP contribution in [0, 0.1) is 5.82 Å². The number of hydrogen-bond acceptors (Lipinski definition) is 5. The highest BCUT2D eigenvalue weighted by molar-refractivity contribution is 5.71. The number of methoxy groups -OCH3 is 1. The second kappa shape index (κ2) is 5.40. The Bertz CT molecular complexity index is 605. The van der Waals surface area contributed by atoms with Crippen LogP contribution in [0.25, 0.3) is 0 Å². The summed E-state index contributed by atoms with van der Waals surface area (Å²) < 4.78 is 22.5. The maximum atomic E-state index is 13.0. The second-order valence-electron chi connectivity index (χ2n) is 4.90. The van der Waals surface area contributed by atoms with Crippen LogP contribution in [0.2, 0.25) is 0 Å². The van der Waals surface area contributed by atoms with Crippen LogP contribution in [0.4, 0.5) is 4.39 Å². The Morgan fingerprint density at radius 3 is 2.60 bits per heavy atom. The minimum absolute atomic E-state index is 0.0665. The summed E-state index contributed by atoms with van der Waals surface area (Å²) in [6, 6.07) is 6.11. The van der Waals surface area contributed by atoms with Gasteiger partial charge in [0, 0.05) is 0 Å². The zero-order valence-corrected chi connectivity index (χ0v) is 11.5. The molecule has 0 bridgehead atoms. The van der Waals surface area contributed by atoms with Crippen LogP contribution in [0.1, 0.15) is 31.1 Å². The van der Waals surface area contributed by atoms with Crippen molar-refractivity contribution in [3.05, 3.63) is 47.4 Å². The zero-order valence-electron chi connectivity index (χ0n) is 11.5. The van der Waals surface area contributed by atoms with E-state index in [1.165, 1.54) is 19.2 Å². The van der Waals surface area contributed by atoms with Crippen LogP contribution in [0.5, 0.6) is 0 Å². The van der Waals surface area contributed by atoms with Gasteiger partial charge in [-0.3, -0.25) is 4.79 Å². The molecule has 1 heterocycles. The summed E-state index contributed by atoms with van der Waals surface area (Å²) in [6.07, 6.45) is -0.0665. The lowest BCUT2D eigenvalue weighted by Crippen LogP contribution is -2.21. The molecule has 2 rings (SSSR count). The first-order valence-electron chi connectivity index (χ1n) is 6.09. The highest BCUT2D eigenvalue weighted by atomic mass is 19.1. The first kappa shape index (κ1) is 14.2. The number of esters is 1. The molecule has 0 radical (unpaired) electrons. The van der Waals surface area contributed by atoms with Crippen molar-refractivity contribution < 1.29 is 18.4 Å². The molecule has 0 aliphatic rings. The van der Waals surface area contributed by atoms with E-state index >= 15 is 0 Å². The van der Waals surface area contributed by atoms with Gasteiger partial charge in [-0.1, -0.05) is 17.3 Å². The Morgan fingerprint density at radius 1 is 1.35 bits per heavy atom. The maximum Gasteiger partial charge on any atom is 0.315 e. The minimum Gasteiger partial charge on any atom is -0.469 e. The van der Waals surface area contributed by atoms with Gasteiger partial charge in [-0.15, -0.1) is 0 Å². The standard InChI is InChI=1S/C14H15FN2O3/c1-14(2,9-4-6-10(15)7-5-9)13-16-11(20-17-13)8-12(18)19-3/h4-7H,8H2,1-3H3. The number of aromatic nitrogens is 2. The number of carbonyl (C=O) groups is 1. The molecule has 5 nitrogen and oxygen atoms in total. The number of carbonyl (C=O) groups excluding carboxylic acids is 1. The van der Waals surface area contributed by atoms with Crippen molar-refractivity contribution in [1.29, 1.82) is 0 Å². The molecule has 0 saturated carbocycles. The van der Waals surface area contributed by atoms with Crippen LogP contribution in [-0.4, -0.2) is 23.2 Å². The number of ether oxygens (including phenoxy) is 1. The molecule has 0 saturated heterocycles. The molecule has 0 atom stereocenters. The van der Waals surface area contributed by atoms with Crippen molar-refractivity contribution in [2.45, 2.75) is 25.7 Å². The van der Waals surface area contributed by atoms with Crippen LogP contribution in [0.3, 0.4) is 0 Å². The largest absolute Gasteiger partial charge is 0.469 e. The fourth-order valence-electron chi connectivity index (χ4n) is 1.77. The van der Waals surface area contributed by atoms with Gasteiger partial charge >= 0.3 is 5.97 Å². The molecular formula is C14H15FN2O3. The van der Waals surface area contributed by atoms with Crippen molar-refractivity contribution in [3.8, 4) is 0 Å². The van der Waals surface area contributed by atoms with Gasteiger partial charge in [-0.2, -0.15) is 4.98 Å². The summed E-state index contributed by atoms with van der Waals surface area (Å²) in [4.78, 5) is 15.4. The average molecular weight is 278 g/mol. The molecule has 6 heteroatoms. The molecule has 20 heavy (non-hydrogen) atoms. The van der Waals surface area contributed by atoms with E-state index in [1.807, 2.05) is 13.8 Å². The SMILES string of the molecule is COC(=O)Cc1nc(C(C)(C)c2ccc(F)cc2)no1. The monoisotopic (exact) mass is 278 g/mol. The summed E-state index contributed by atoms with van der Waals surface area (Å²) in [6.45, 7) is 3.79. The van der Waals surface area contributed by atoms with Crippen molar-refractivity contribution >= 4 is 5.97 Å². The first-order valence-corrected chi connectivity index (χ1v) is 6.09. The Hall–Kier alpha value is -2.24. The third kappa shape index (κ3) is 2.84. The summed E-state index contributed by atoms with van der Waals surface area (Å²) in [5.74, 6) is -0.117. The molecule has 1 aromatic carbocycles. The molecule has 0 unspecified atom stereocenters. The van der Waals surface area contributed by atoms with Gasteiger partial charge in [0.2, 0.25) is 5.89 Å². The first-order chi connectivity index (χ1) is 9.43. The Labute approximate surface area is 115 Å². The topological polar surface area (TPSA) is 65.2 Å². The van der Waals surface area contributed by atoms with Gasteiger partial charge in [0.25, 0.3) is 0 Å². The molecule has 1 aromatic heterocycles. The lowest BCUT2D eigenvalue weighted by Gasteiger charge is -2.20. The van der Waals surface area contributed by atoms with E-state index in [1.54, 1.807) is 12.1 Å². The molecule has 0 fully saturated rings. The zero-order chi connectivity index (χ0) is 14.8. The van der Waals surface area contributed by atoms with Crippen LogP contribution in [-0.2, 0) is 21.4 Å². The van der Waals surface area contributed by atoms with Crippen LogP contribution >= 0.6 is 0 Å². The number of hydrogen-bond donors (Lipinski definition) is 0. The summed E-state index contributed by atoms with van der Waals surface area (Å²) in [5, 5.41) is 3.89. The Morgan fingerprint density at radius 2 is 2.00 bits per heavy atom. The van der Waals surface area contributed by atoms with Crippen molar-refractivity contribution in [2.24, 2.45) is 0 Å². The van der Waals surface area contributed by atoms with Gasteiger partial charge in [0.05, 0.1) is 12.5 Å². The second-order valence-corrected chi connectivity index (χ2v) is 4.90. The molecule has 0 aliphatic carbocycles. The fraction of sp³-hybridized carbons (Fsp3) is 0.357. The summed E-state index contributed by atoms with van der Waals surface area (Å²) >= 11 is 0. The number of nitrogens with zero attached hydrogens (tertiary/aromatic N) is 2. The highest BCUT2D eigenvalue weighted by Crippen LogP contribution is 2.29. The van der Waals surface area contributed by atoms with E-state index in [9.17, 15) is 9.18 Å². The van der Waals surface area contributed by atoms with Gasteiger partial charge in [0.15, 0.2) is 5.82 Å². The van der Waals surface area contributed by atoms with E-state index in [0.29, 0.717) is 5.82 Å². The molecule has 106 valence electrons. The van der Waals surface area contributed by atoms with Gasteiger partial charge < -0.3 is 9.26 Å². The smallest absolute Gasteiger partial charge is 0.315 e. The van der Waals surface area contributed by atoms with E-state index in [4.69, 9.17) is 4.52 Å². The minimum atomic E-state index is -0.550. The number of benzene rings is 1.